The molecule has 1 aliphatic rings. The number of benzene rings is 2. The van der Waals surface area contributed by atoms with Crippen LogP contribution in [0.15, 0.2) is 48.5 Å². The molecular weight excluding hydrogens is 328 g/mol. The van der Waals surface area contributed by atoms with Crippen LogP contribution in [-0.2, 0) is 9.59 Å². The van der Waals surface area contributed by atoms with Crippen molar-refractivity contribution in [2.45, 2.75) is 6.42 Å². The van der Waals surface area contributed by atoms with E-state index in [2.05, 4.69) is 5.32 Å². The monoisotopic (exact) mass is 344 g/mol. The molecule has 1 N–H and O–H groups in total. The number of ether oxygens (including phenoxy) is 1. The molecule has 0 radical (unpaired) electrons. The molecule has 0 saturated carbocycles. The average molecular weight is 345 g/mol. The number of amides is 2. The van der Waals surface area contributed by atoms with E-state index in [1.807, 2.05) is 12.1 Å². The number of carbonyl (C=O) groups is 2. The van der Waals surface area contributed by atoms with Gasteiger partial charge < -0.3 is 15.0 Å². The lowest BCUT2D eigenvalue weighted by atomic mass is 10.1. The first-order chi connectivity index (χ1) is 11.6. The van der Waals surface area contributed by atoms with Crippen molar-refractivity contribution in [2.24, 2.45) is 5.92 Å². The number of carbonyl (C=O) groups excluding carboxylic acids is 2. The SMILES string of the molecule is COc1ccc(N2C[C@H](C(=O)Nc3ccc(Cl)cc3)CC2=O)cc1. The molecule has 124 valence electrons. The van der Waals surface area contributed by atoms with Gasteiger partial charge in [0.15, 0.2) is 0 Å². The van der Waals surface area contributed by atoms with Crippen LogP contribution in [0, 0.1) is 5.92 Å². The number of rotatable bonds is 4. The maximum absolute atomic E-state index is 12.4. The number of hydrogen-bond donors (Lipinski definition) is 1. The van der Waals surface area contributed by atoms with Gasteiger partial charge in [-0.2, -0.15) is 0 Å². The van der Waals surface area contributed by atoms with Gasteiger partial charge in [0.25, 0.3) is 0 Å². The Balaban J connectivity index is 1.67. The number of methoxy groups -OCH3 is 1. The van der Waals surface area contributed by atoms with Gasteiger partial charge in [-0.25, -0.2) is 0 Å². The van der Waals surface area contributed by atoms with Crippen molar-refractivity contribution in [2.75, 3.05) is 23.9 Å². The highest BCUT2D eigenvalue weighted by molar-refractivity contribution is 6.30. The van der Waals surface area contributed by atoms with Gasteiger partial charge in [0.05, 0.1) is 13.0 Å². The van der Waals surface area contributed by atoms with E-state index in [1.54, 1.807) is 48.4 Å². The lowest BCUT2D eigenvalue weighted by molar-refractivity contribution is -0.122. The molecule has 2 aromatic rings. The van der Waals surface area contributed by atoms with Crippen molar-refractivity contribution in [3.8, 4) is 5.75 Å². The maximum atomic E-state index is 12.4. The molecule has 0 spiro atoms. The van der Waals surface area contributed by atoms with E-state index < -0.39 is 0 Å². The van der Waals surface area contributed by atoms with Crippen molar-refractivity contribution in [1.29, 1.82) is 0 Å². The third-order valence-electron chi connectivity index (χ3n) is 3.99. The Morgan fingerprint density at radius 3 is 2.46 bits per heavy atom. The zero-order chi connectivity index (χ0) is 17.1. The second-order valence-electron chi connectivity index (χ2n) is 5.60. The lowest BCUT2D eigenvalue weighted by Crippen LogP contribution is -2.28. The minimum Gasteiger partial charge on any atom is -0.497 e. The fraction of sp³-hybridized carbons (Fsp3) is 0.222. The van der Waals surface area contributed by atoms with E-state index in [1.165, 1.54) is 0 Å². The molecule has 0 unspecified atom stereocenters. The van der Waals surface area contributed by atoms with E-state index >= 15 is 0 Å². The van der Waals surface area contributed by atoms with Crippen LogP contribution in [0.25, 0.3) is 0 Å². The smallest absolute Gasteiger partial charge is 0.229 e. The molecule has 24 heavy (non-hydrogen) atoms. The summed E-state index contributed by atoms with van der Waals surface area (Å²) in [5.41, 5.74) is 1.43. The topological polar surface area (TPSA) is 58.6 Å². The summed E-state index contributed by atoms with van der Waals surface area (Å²) in [7, 11) is 1.59. The van der Waals surface area contributed by atoms with Gasteiger partial charge in [0.2, 0.25) is 11.8 Å². The molecule has 1 saturated heterocycles. The summed E-state index contributed by atoms with van der Waals surface area (Å²) in [6.07, 6.45) is 0.200. The largest absolute Gasteiger partial charge is 0.497 e. The van der Waals surface area contributed by atoms with E-state index in [9.17, 15) is 9.59 Å². The van der Waals surface area contributed by atoms with E-state index in [0.29, 0.717) is 17.3 Å². The maximum Gasteiger partial charge on any atom is 0.229 e. The van der Waals surface area contributed by atoms with Crippen molar-refractivity contribution in [3.05, 3.63) is 53.6 Å². The first-order valence-corrected chi connectivity index (χ1v) is 7.95. The fourth-order valence-electron chi connectivity index (χ4n) is 2.67. The van der Waals surface area contributed by atoms with Gasteiger partial charge in [-0.3, -0.25) is 9.59 Å². The van der Waals surface area contributed by atoms with Crippen molar-refractivity contribution in [1.82, 2.24) is 0 Å². The zero-order valence-corrected chi connectivity index (χ0v) is 13.9. The molecule has 1 atom stereocenters. The Hall–Kier alpha value is -2.53. The summed E-state index contributed by atoms with van der Waals surface area (Å²) >= 11 is 5.83. The lowest BCUT2D eigenvalue weighted by Gasteiger charge is -2.17. The van der Waals surface area contributed by atoms with Gasteiger partial charge in [0, 0.05) is 29.4 Å². The van der Waals surface area contributed by atoms with Crippen LogP contribution in [0.4, 0.5) is 11.4 Å². The molecule has 1 aliphatic heterocycles. The summed E-state index contributed by atoms with van der Waals surface area (Å²) in [6.45, 7) is 0.366. The van der Waals surface area contributed by atoms with Crippen LogP contribution < -0.4 is 15.0 Å². The predicted molar refractivity (Wildman–Crippen MR) is 93.5 cm³/mol. The van der Waals surface area contributed by atoms with Crippen LogP contribution in [0.2, 0.25) is 5.02 Å². The fourth-order valence-corrected chi connectivity index (χ4v) is 2.80. The molecule has 2 aromatic carbocycles. The molecule has 0 aromatic heterocycles. The second kappa shape index (κ2) is 6.93. The Kier molecular flexibility index (Phi) is 4.71. The Labute approximate surface area is 145 Å². The third kappa shape index (κ3) is 3.51. The highest BCUT2D eigenvalue weighted by Gasteiger charge is 2.35. The van der Waals surface area contributed by atoms with Gasteiger partial charge in [-0.1, -0.05) is 11.6 Å². The number of hydrogen-bond acceptors (Lipinski definition) is 3. The average Bonchev–Trinajstić information content (AvgIpc) is 2.99. The standard InChI is InChI=1S/C18H17ClN2O3/c1-24-16-8-6-15(7-9-16)21-11-12(10-17(21)22)18(23)20-14-4-2-13(19)3-5-14/h2-9,12H,10-11H2,1H3,(H,20,23)/t12-/m1/s1. The molecule has 0 aliphatic carbocycles. The van der Waals surface area contributed by atoms with Crippen molar-refractivity contribution < 1.29 is 14.3 Å². The quantitative estimate of drug-likeness (QED) is 0.925. The highest BCUT2D eigenvalue weighted by atomic mass is 35.5. The Morgan fingerprint density at radius 2 is 1.83 bits per heavy atom. The predicted octanol–water partition coefficient (Wildman–Crippen LogP) is 3.34. The minimum atomic E-state index is -0.379. The minimum absolute atomic E-state index is 0.0589. The molecular formula is C18H17ClN2O3. The zero-order valence-electron chi connectivity index (χ0n) is 13.2. The van der Waals surface area contributed by atoms with Gasteiger partial charge in [-0.05, 0) is 48.5 Å². The van der Waals surface area contributed by atoms with Crippen LogP contribution in [0.1, 0.15) is 6.42 Å². The molecule has 6 heteroatoms. The van der Waals surface area contributed by atoms with Crippen LogP contribution >= 0.6 is 11.6 Å². The van der Waals surface area contributed by atoms with E-state index in [4.69, 9.17) is 16.3 Å². The van der Waals surface area contributed by atoms with Crippen molar-refractivity contribution >= 4 is 34.8 Å². The van der Waals surface area contributed by atoms with Crippen molar-refractivity contribution in [3.63, 3.8) is 0 Å². The molecule has 0 bridgehead atoms. The van der Waals surface area contributed by atoms with Gasteiger partial charge in [-0.15, -0.1) is 0 Å². The van der Waals surface area contributed by atoms with Gasteiger partial charge >= 0.3 is 0 Å². The third-order valence-corrected chi connectivity index (χ3v) is 4.24. The van der Waals surface area contributed by atoms with Crippen LogP contribution in [-0.4, -0.2) is 25.5 Å². The summed E-state index contributed by atoms with van der Waals surface area (Å²) < 4.78 is 5.12. The van der Waals surface area contributed by atoms with Crippen LogP contribution in [0.5, 0.6) is 5.75 Å². The first-order valence-electron chi connectivity index (χ1n) is 7.57. The molecule has 1 heterocycles. The number of nitrogens with zero attached hydrogens (tertiary/aromatic N) is 1. The molecule has 3 rings (SSSR count). The molecule has 1 fully saturated rings. The van der Waals surface area contributed by atoms with Crippen LogP contribution in [0.3, 0.4) is 0 Å². The number of nitrogens with one attached hydrogen (secondary N) is 1. The first kappa shape index (κ1) is 16.3. The van der Waals surface area contributed by atoms with Gasteiger partial charge in [0.1, 0.15) is 5.75 Å². The van der Waals surface area contributed by atoms with E-state index in [-0.39, 0.29) is 24.2 Å². The molecule has 2 amide bonds. The molecule has 5 nitrogen and oxygen atoms in total. The second-order valence-corrected chi connectivity index (χ2v) is 6.04. The highest BCUT2D eigenvalue weighted by Crippen LogP contribution is 2.27. The Morgan fingerprint density at radius 1 is 1.17 bits per heavy atom. The Bertz CT molecular complexity index is 744. The number of halogens is 1. The number of anilines is 2. The summed E-state index contributed by atoms with van der Waals surface area (Å²) in [4.78, 5) is 26.2. The summed E-state index contributed by atoms with van der Waals surface area (Å²) in [6, 6.07) is 14.1. The summed E-state index contributed by atoms with van der Waals surface area (Å²) in [5.74, 6) is 0.121. The normalized spacial score (nSPS) is 17.0. The summed E-state index contributed by atoms with van der Waals surface area (Å²) in [5, 5.41) is 3.43. The van der Waals surface area contributed by atoms with E-state index in [0.717, 1.165) is 11.4 Å².